The van der Waals surface area contributed by atoms with Crippen LogP contribution in [0.2, 0.25) is 5.02 Å². The average Bonchev–Trinajstić information content (AvgIpc) is 3.22. The fraction of sp³-hybridized carbons (Fsp3) is 0.423. The minimum absolute atomic E-state index is 0.0335. The molecule has 1 aliphatic heterocycles. The molecule has 0 aliphatic carbocycles. The van der Waals surface area contributed by atoms with Gasteiger partial charge in [-0.25, -0.2) is 19.1 Å². The molecule has 4 rings (SSSR count). The van der Waals surface area contributed by atoms with Gasteiger partial charge in [-0.3, -0.25) is 4.57 Å². The van der Waals surface area contributed by atoms with Crippen molar-refractivity contribution in [3.8, 4) is 11.5 Å². The second-order valence-corrected chi connectivity index (χ2v) is 10.1. The summed E-state index contributed by atoms with van der Waals surface area (Å²) in [4.78, 5) is 31.5. The lowest BCUT2D eigenvalue weighted by molar-refractivity contribution is -0.139. The minimum atomic E-state index is -0.810. The predicted octanol–water partition coefficient (Wildman–Crippen LogP) is 2.41. The second-order valence-electron chi connectivity index (χ2n) is 9.62. The van der Waals surface area contributed by atoms with Crippen LogP contribution in [0.15, 0.2) is 57.0 Å². The molecule has 204 valence electrons. The highest BCUT2D eigenvalue weighted by Crippen LogP contribution is 2.32. The molecule has 1 aromatic heterocycles. The fourth-order valence-electron chi connectivity index (χ4n) is 4.09. The molecular formula is C26H32ClN5O6. The largest absolute Gasteiger partial charge is 0.493 e. The molecule has 2 aromatic carbocycles. The van der Waals surface area contributed by atoms with Gasteiger partial charge >= 0.3 is 11.4 Å². The van der Waals surface area contributed by atoms with Crippen LogP contribution >= 0.6 is 11.6 Å². The number of hydrogen-bond acceptors (Lipinski definition) is 8. The lowest BCUT2D eigenvalue weighted by Gasteiger charge is -2.18. The van der Waals surface area contributed by atoms with Crippen molar-refractivity contribution in [2.45, 2.75) is 58.8 Å². The molecule has 1 saturated heterocycles. The van der Waals surface area contributed by atoms with Crippen molar-refractivity contribution in [1.29, 1.82) is 0 Å². The van der Waals surface area contributed by atoms with Gasteiger partial charge in [0.2, 0.25) is 5.62 Å². The van der Waals surface area contributed by atoms with Crippen LogP contribution in [0.25, 0.3) is 0 Å². The van der Waals surface area contributed by atoms with Gasteiger partial charge in [0.25, 0.3) is 0 Å². The van der Waals surface area contributed by atoms with Gasteiger partial charge in [-0.1, -0.05) is 23.7 Å². The first kappa shape index (κ1) is 27.5. The summed E-state index contributed by atoms with van der Waals surface area (Å²) in [6, 6.07) is 12.0. The zero-order valence-corrected chi connectivity index (χ0v) is 22.8. The molecular weight excluding hydrogens is 514 g/mol. The molecule has 2 N–H and O–H groups in total. The van der Waals surface area contributed by atoms with Crippen molar-refractivity contribution in [2.24, 2.45) is 4.99 Å². The van der Waals surface area contributed by atoms with E-state index in [1.807, 2.05) is 13.8 Å². The van der Waals surface area contributed by atoms with E-state index >= 15 is 0 Å². The minimum Gasteiger partial charge on any atom is -0.493 e. The van der Waals surface area contributed by atoms with Crippen molar-refractivity contribution >= 4 is 17.3 Å². The number of nitrogens with zero attached hydrogens (tertiary/aromatic N) is 4. The third kappa shape index (κ3) is 6.12. The van der Waals surface area contributed by atoms with Crippen LogP contribution < -0.4 is 32.3 Å². The number of nitrogen functional groups attached to an aromatic ring is 1. The number of rotatable bonds is 8. The summed E-state index contributed by atoms with van der Waals surface area (Å²) in [6.45, 7) is 7.64. The molecule has 2 heterocycles. The Morgan fingerprint density at radius 3 is 2.42 bits per heavy atom. The van der Waals surface area contributed by atoms with Gasteiger partial charge in [-0.2, -0.15) is 4.68 Å². The molecule has 38 heavy (non-hydrogen) atoms. The van der Waals surface area contributed by atoms with Crippen LogP contribution in [-0.2, 0) is 22.6 Å². The van der Waals surface area contributed by atoms with Crippen LogP contribution in [0.5, 0.6) is 11.5 Å². The molecule has 1 fully saturated rings. The zero-order valence-electron chi connectivity index (χ0n) is 22.0. The Bertz CT molecular complexity index is 1490. The van der Waals surface area contributed by atoms with Crippen LogP contribution in [0.1, 0.15) is 33.3 Å². The predicted molar refractivity (Wildman–Crippen MR) is 143 cm³/mol. The third-order valence-electron chi connectivity index (χ3n) is 5.80. The first-order chi connectivity index (χ1) is 18.0. The number of methoxy groups -OCH3 is 1. The summed E-state index contributed by atoms with van der Waals surface area (Å²) >= 11 is 6.04. The number of nitrogens with two attached hydrogens (primary N) is 1. The maximum atomic E-state index is 13.7. The summed E-state index contributed by atoms with van der Waals surface area (Å²) in [5.74, 6) is 6.43. The third-order valence-corrected chi connectivity index (χ3v) is 6.05. The number of ether oxygens (including phenoxy) is 4. The highest BCUT2D eigenvalue weighted by Gasteiger charge is 2.33. The van der Waals surface area contributed by atoms with Crippen LogP contribution in [0.4, 0.5) is 5.69 Å². The standard InChI is InChI=1S/C26H32ClN5O6/c1-16(2)37-21-11-10-19(12-22(21)35-5)29-23-30(13-17-6-8-18(27)9-7-17)24(33)31(25(34)32(23)28)14-20-15-36-26(3,4)38-20/h6-12,16,20H,13-15,28H2,1-5H3/b29-23-/t20-/m0/s1. The summed E-state index contributed by atoms with van der Waals surface area (Å²) in [5.41, 5.74) is -0.202. The Hall–Kier alpha value is -3.54. The summed E-state index contributed by atoms with van der Waals surface area (Å²) < 4.78 is 25.9. The highest BCUT2D eigenvalue weighted by atomic mass is 35.5. The normalized spacial score (nSPS) is 17.2. The van der Waals surface area contributed by atoms with Crippen molar-refractivity contribution in [1.82, 2.24) is 13.8 Å². The van der Waals surface area contributed by atoms with E-state index < -0.39 is 23.3 Å². The van der Waals surface area contributed by atoms with E-state index in [1.165, 1.54) is 11.7 Å². The van der Waals surface area contributed by atoms with E-state index in [0.717, 1.165) is 14.8 Å². The lowest BCUT2D eigenvalue weighted by atomic mass is 10.2. The molecule has 12 heteroatoms. The van der Waals surface area contributed by atoms with E-state index in [2.05, 4.69) is 4.99 Å². The molecule has 0 spiro atoms. The Labute approximate surface area is 224 Å². The van der Waals surface area contributed by atoms with Crippen molar-refractivity contribution in [2.75, 3.05) is 19.6 Å². The number of hydrogen-bond donors (Lipinski definition) is 1. The van der Waals surface area contributed by atoms with Crippen molar-refractivity contribution < 1.29 is 18.9 Å². The van der Waals surface area contributed by atoms with Crippen LogP contribution in [0, 0.1) is 0 Å². The molecule has 0 unspecified atom stereocenters. The van der Waals surface area contributed by atoms with Gasteiger partial charge in [0.15, 0.2) is 17.3 Å². The van der Waals surface area contributed by atoms with Gasteiger partial charge < -0.3 is 24.8 Å². The monoisotopic (exact) mass is 545 g/mol. The van der Waals surface area contributed by atoms with Gasteiger partial charge in [0.05, 0.1) is 38.6 Å². The summed E-state index contributed by atoms with van der Waals surface area (Å²) in [7, 11) is 1.52. The van der Waals surface area contributed by atoms with Gasteiger partial charge in [-0.15, -0.1) is 0 Å². The molecule has 3 aromatic rings. The maximum Gasteiger partial charge on any atom is 0.353 e. The molecule has 11 nitrogen and oxygen atoms in total. The zero-order chi connectivity index (χ0) is 27.6. The Morgan fingerprint density at radius 1 is 1.11 bits per heavy atom. The quantitative estimate of drug-likeness (QED) is 0.431. The summed E-state index contributed by atoms with van der Waals surface area (Å²) in [5, 5.41) is 0.557. The molecule has 0 amide bonds. The smallest absolute Gasteiger partial charge is 0.353 e. The van der Waals surface area contributed by atoms with Crippen LogP contribution in [0.3, 0.4) is 0 Å². The van der Waals surface area contributed by atoms with Gasteiger partial charge in [0.1, 0.15) is 6.10 Å². The first-order valence-corrected chi connectivity index (χ1v) is 12.5. The lowest BCUT2D eigenvalue weighted by Crippen LogP contribution is -2.58. The average molecular weight is 546 g/mol. The number of halogens is 1. The van der Waals surface area contributed by atoms with Crippen LogP contribution in [-0.4, -0.2) is 45.5 Å². The van der Waals surface area contributed by atoms with Gasteiger partial charge in [-0.05, 0) is 57.5 Å². The van der Waals surface area contributed by atoms with E-state index in [1.54, 1.807) is 56.3 Å². The van der Waals surface area contributed by atoms with E-state index in [9.17, 15) is 9.59 Å². The Kier molecular flexibility index (Phi) is 8.00. The Morgan fingerprint density at radius 2 is 1.82 bits per heavy atom. The van der Waals surface area contributed by atoms with Crippen molar-refractivity contribution in [3.05, 3.63) is 79.6 Å². The second kappa shape index (κ2) is 11.1. The topological polar surface area (TPSA) is 124 Å². The highest BCUT2D eigenvalue weighted by molar-refractivity contribution is 6.30. The van der Waals surface area contributed by atoms with Gasteiger partial charge in [0, 0.05) is 11.1 Å². The van der Waals surface area contributed by atoms with Crippen molar-refractivity contribution in [3.63, 3.8) is 0 Å². The fourth-order valence-corrected chi connectivity index (χ4v) is 4.22. The Balaban J connectivity index is 1.86. The van der Waals surface area contributed by atoms with E-state index in [0.29, 0.717) is 22.2 Å². The SMILES string of the molecule is COc1cc(/N=c2\n(N)c(=O)n(C[C@H]3COC(C)(C)O3)c(=O)n2Cc2ccc(Cl)cc2)ccc1OC(C)C. The number of benzene rings is 2. The molecule has 1 atom stereocenters. The molecule has 1 aliphatic rings. The molecule has 0 radical (unpaired) electrons. The number of aromatic nitrogens is 3. The summed E-state index contributed by atoms with van der Waals surface area (Å²) in [6.07, 6.45) is -0.560. The van der Waals surface area contributed by atoms with E-state index in [-0.39, 0.29) is 31.4 Å². The maximum absolute atomic E-state index is 13.7. The molecule has 0 bridgehead atoms. The molecule has 0 saturated carbocycles. The van der Waals surface area contributed by atoms with E-state index in [4.69, 9.17) is 36.4 Å². The first-order valence-electron chi connectivity index (χ1n) is 12.1.